The summed E-state index contributed by atoms with van der Waals surface area (Å²) in [5.41, 5.74) is 2.32. The van der Waals surface area contributed by atoms with Gasteiger partial charge in [-0.15, -0.1) is 11.3 Å². The highest BCUT2D eigenvalue weighted by Crippen LogP contribution is 2.20. The van der Waals surface area contributed by atoms with E-state index in [0.29, 0.717) is 0 Å². The number of nitrogens with zero attached hydrogens (tertiary/aromatic N) is 1. The number of hydrogen-bond acceptors (Lipinski definition) is 2. The lowest BCUT2D eigenvalue weighted by Gasteiger charge is -2.00. The highest BCUT2D eigenvalue weighted by Gasteiger charge is 2.04. The largest absolute Gasteiger partial charge is 0.246 e. The van der Waals surface area contributed by atoms with Gasteiger partial charge in [-0.05, 0) is 18.1 Å². The average molecular weight is 238 g/mol. The Hall–Kier alpha value is -0.860. The van der Waals surface area contributed by atoms with Crippen molar-refractivity contribution in [3.8, 4) is 0 Å². The van der Waals surface area contributed by atoms with Crippen LogP contribution in [0, 0.1) is 0 Å². The van der Waals surface area contributed by atoms with E-state index in [1.54, 1.807) is 11.3 Å². The van der Waals surface area contributed by atoms with E-state index < -0.39 is 0 Å². The van der Waals surface area contributed by atoms with E-state index in [1.807, 2.05) is 18.2 Å². The molecule has 0 bridgehead atoms. The fourth-order valence-electron chi connectivity index (χ4n) is 1.40. The van der Waals surface area contributed by atoms with Crippen LogP contribution in [0.5, 0.6) is 0 Å². The molecule has 0 saturated carbocycles. The molecule has 0 aliphatic heterocycles. The first-order valence-corrected chi connectivity index (χ1v) is 6.22. The predicted molar refractivity (Wildman–Crippen MR) is 65.8 cm³/mol. The third-order valence-electron chi connectivity index (χ3n) is 2.26. The lowest BCUT2D eigenvalue weighted by atomic mass is 10.1. The fourth-order valence-corrected chi connectivity index (χ4v) is 2.50. The monoisotopic (exact) mass is 237 g/mol. The molecule has 1 heterocycles. The number of halogens is 1. The molecule has 0 amide bonds. The van der Waals surface area contributed by atoms with E-state index in [4.69, 9.17) is 11.6 Å². The topological polar surface area (TPSA) is 12.9 Å². The molecule has 1 aromatic heterocycles. The predicted octanol–water partition coefficient (Wildman–Crippen LogP) is 3.95. The van der Waals surface area contributed by atoms with Crippen LogP contribution in [-0.2, 0) is 12.8 Å². The summed E-state index contributed by atoms with van der Waals surface area (Å²) in [4.78, 5) is 4.53. The Morgan fingerprint density at radius 1 is 1.33 bits per heavy atom. The molecule has 15 heavy (non-hydrogen) atoms. The molecule has 0 aliphatic carbocycles. The van der Waals surface area contributed by atoms with Gasteiger partial charge in [0.25, 0.3) is 0 Å². The third-order valence-corrected chi connectivity index (χ3v) is 3.53. The highest BCUT2D eigenvalue weighted by molar-refractivity contribution is 7.09. The zero-order chi connectivity index (χ0) is 10.7. The van der Waals surface area contributed by atoms with Crippen molar-refractivity contribution >= 4 is 22.9 Å². The van der Waals surface area contributed by atoms with Gasteiger partial charge in [-0.2, -0.15) is 0 Å². The summed E-state index contributed by atoms with van der Waals surface area (Å²) >= 11 is 7.80. The van der Waals surface area contributed by atoms with Crippen LogP contribution in [0.4, 0.5) is 0 Å². The van der Waals surface area contributed by atoms with Gasteiger partial charge in [-0.25, -0.2) is 4.98 Å². The van der Waals surface area contributed by atoms with Gasteiger partial charge in [0.1, 0.15) is 0 Å². The van der Waals surface area contributed by atoms with Crippen LogP contribution in [0.1, 0.15) is 23.2 Å². The van der Waals surface area contributed by atoms with Gasteiger partial charge < -0.3 is 0 Å². The Morgan fingerprint density at radius 3 is 2.80 bits per heavy atom. The quantitative estimate of drug-likeness (QED) is 0.788. The summed E-state index contributed by atoms with van der Waals surface area (Å²) in [6, 6.07) is 7.93. The van der Waals surface area contributed by atoms with E-state index in [2.05, 4.69) is 23.4 Å². The highest BCUT2D eigenvalue weighted by atomic mass is 35.5. The average Bonchev–Trinajstić information content (AvgIpc) is 2.69. The van der Waals surface area contributed by atoms with Gasteiger partial charge in [0.2, 0.25) is 0 Å². The smallest absolute Gasteiger partial charge is 0.0972 e. The maximum atomic E-state index is 6.09. The summed E-state index contributed by atoms with van der Waals surface area (Å²) in [7, 11) is 0. The zero-order valence-corrected chi connectivity index (χ0v) is 10.1. The van der Waals surface area contributed by atoms with E-state index in [9.17, 15) is 0 Å². The molecular formula is C12H12ClNS. The number of aryl methyl sites for hydroxylation is 1. The first-order chi connectivity index (χ1) is 7.29. The minimum atomic E-state index is 0.825. The standard InChI is InChI=1S/C12H12ClNS/c1-2-10-8-15-12(14-10)7-9-5-3-4-6-11(9)13/h3-6,8H,2,7H2,1H3. The Labute approximate surface area is 98.7 Å². The molecule has 78 valence electrons. The maximum Gasteiger partial charge on any atom is 0.0972 e. The molecule has 0 unspecified atom stereocenters. The van der Waals surface area contributed by atoms with Crippen LogP contribution in [0.25, 0.3) is 0 Å². The number of aromatic nitrogens is 1. The Morgan fingerprint density at radius 2 is 2.13 bits per heavy atom. The first-order valence-electron chi connectivity index (χ1n) is 4.96. The molecule has 2 aromatic rings. The minimum absolute atomic E-state index is 0.825. The van der Waals surface area contributed by atoms with Crippen molar-refractivity contribution in [1.82, 2.24) is 4.98 Å². The molecule has 0 radical (unpaired) electrons. The third kappa shape index (κ3) is 2.58. The van der Waals surface area contributed by atoms with Crippen molar-refractivity contribution in [1.29, 1.82) is 0 Å². The minimum Gasteiger partial charge on any atom is -0.246 e. The molecule has 2 rings (SSSR count). The van der Waals surface area contributed by atoms with Crippen LogP contribution in [0.15, 0.2) is 29.6 Å². The number of thiazole rings is 1. The van der Waals surface area contributed by atoms with E-state index >= 15 is 0 Å². The van der Waals surface area contributed by atoms with Crippen molar-refractivity contribution < 1.29 is 0 Å². The molecular weight excluding hydrogens is 226 g/mol. The summed E-state index contributed by atoms with van der Waals surface area (Å²) in [5, 5.41) is 4.08. The maximum absolute atomic E-state index is 6.09. The van der Waals surface area contributed by atoms with Crippen molar-refractivity contribution in [3.05, 3.63) is 50.9 Å². The van der Waals surface area contributed by atoms with Crippen LogP contribution in [-0.4, -0.2) is 4.98 Å². The molecule has 1 aromatic carbocycles. The van der Waals surface area contributed by atoms with Gasteiger partial charge in [0.15, 0.2) is 0 Å². The van der Waals surface area contributed by atoms with Gasteiger partial charge >= 0.3 is 0 Å². The second-order valence-electron chi connectivity index (χ2n) is 3.35. The molecule has 0 N–H and O–H groups in total. The Balaban J connectivity index is 2.18. The fraction of sp³-hybridized carbons (Fsp3) is 0.250. The van der Waals surface area contributed by atoms with Gasteiger partial charge in [-0.3, -0.25) is 0 Å². The number of rotatable bonds is 3. The zero-order valence-electron chi connectivity index (χ0n) is 8.53. The molecule has 0 fully saturated rings. The second-order valence-corrected chi connectivity index (χ2v) is 4.70. The second kappa shape index (κ2) is 4.77. The summed E-state index contributed by atoms with van der Waals surface area (Å²) in [5.74, 6) is 0. The van der Waals surface area contributed by atoms with E-state index in [0.717, 1.165) is 28.4 Å². The summed E-state index contributed by atoms with van der Waals surface area (Å²) in [6.07, 6.45) is 1.84. The Kier molecular flexibility index (Phi) is 3.39. The van der Waals surface area contributed by atoms with Crippen LogP contribution < -0.4 is 0 Å². The lowest BCUT2D eigenvalue weighted by Crippen LogP contribution is -1.89. The normalized spacial score (nSPS) is 10.5. The molecule has 0 saturated heterocycles. The molecule has 1 nitrogen and oxygen atoms in total. The van der Waals surface area contributed by atoms with Crippen molar-refractivity contribution in [3.63, 3.8) is 0 Å². The lowest BCUT2D eigenvalue weighted by molar-refractivity contribution is 1.02. The van der Waals surface area contributed by atoms with E-state index in [-0.39, 0.29) is 0 Å². The van der Waals surface area contributed by atoms with Crippen LogP contribution in [0.2, 0.25) is 5.02 Å². The molecule has 0 atom stereocenters. The van der Waals surface area contributed by atoms with Gasteiger partial charge in [0, 0.05) is 16.8 Å². The van der Waals surface area contributed by atoms with E-state index in [1.165, 1.54) is 5.69 Å². The van der Waals surface area contributed by atoms with Crippen molar-refractivity contribution in [2.24, 2.45) is 0 Å². The SMILES string of the molecule is CCc1csc(Cc2ccccc2Cl)n1. The van der Waals surface area contributed by atoms with Crippen molar-refractivity contribution in [2.75, 3.05) is 0 Å². The van der Waals surface area contributed by atoms with Gasteiger partial charge in [-0.1, -0.05) is 36.7 Å². The molecule has 0 spiro atoms. The summed E-state index contributed by atoms with van der Waals surface area (Å²) < 4.78 is 0. The molecule has 3 heteroatoms. The van der Waals surface area contributed by atoms with Crippen molar-refractivity contribution in [2.45, 2.75) is 19.8 Å². The Bertz CT molecular complexity index is 450. The molecule has 0 aliphatic rings. The summed E-state index contributed by atoms with van der Waals surface area (Å²) in [6.45, 7) is 2.12. The first kappa shape index (κ1) is 10.7. The number of hydrogen-bond donors (Lipinski definition) is 0. The van der Waals surface area contributed by atoms with Crippen LogP contribution in [0.3, 0.4) is 0 Å². The number of benzene rings is 1. The van der Waals surface area contributed by atoms with Crippen LogP contribution >= 0.6 is 22.9 Å². The van der Waals surface area contributed by atoms with Gasteiger partial charge in [0.05, 0.1) is 10.7 Å².